The van der Waals surface area contributed by atoms with Crippen LogP contribution in [0.15, 0.2) is 34.5 Å². The number of ketones is 2. The molecule has 0 bridgehead atoms. The molecule has 3 aliphatic rings. The van der Waals surface area contributed by atoms with E-state index in [0.717, 1.165) is 47.6 Å². The number of carbonyl (C=O) groups excluding carboxylic acids is 2. The molecule has 1 aromatic carbocycles. The van der Waals surface area contributed by atoms with Crippen LogP contribution in [0.1, 0.15) is 54.4 Å². The largest absolute Gasteiger partial charge is 0.294 e. The van der Waals surface area contributed by atoms with E-state index in [4.69, 9.17) is 4.99 Å². The van der Waals surface area contributed by atoms with E-state index in [1.54, 1.807) is 12.1 Å². The fourth-order valence-electron chi connectivity index (χ4n) is 3.93. The zero-order valence-corrected chi connectivity index (χ0v) is 14.3. The van der Waals surface area contributed by atoms with Crippen LogP contribution in [0, 0.1) is 5.82 Å². The van der Waals surface area contributed by atoms with Crippen molar-refractivity contribution < 1.29 is 14.0 Å². The Kier molecular flexibility index (Phi) is 3.91. The lowest BCUT2D eigenvalue weighted by atomic mass is 9.76. The second-order valence-electron chi connectivity index (χ2n) is 6.55. The second-order valence-corrected chi connectivity index (χ2v) is 7.80. The maximum absolute atomic E-state index is 13.9. The summed E-state index contributed by atoms with van der Waals surface area (Å²) in [7, 11) is 0. The van der Waals surface area contributed by atoms with Crippen molar-refractivity contribution in [3.63, 3.8) is 0 Å². The smallest absolute Gasteiger partial charge is 0.162 e. The van der Waals surface area contributed by atoms with Crippen molar-refractivity contribution in [2.24, 2.45) is 4.99 Å². The Morgan fingerprint density at radius 3 is 2.92 bits per heavy atom. The Hall–Kier alpha value is -1.75. The van der Waals surface area contributed by atoms with Crippen molar-refractivity contribution >= 4 is 29.0 Å². The molecule has 1 aliphatic carbocycles. The summed E-state index contributed by atoms with van der Waals surface area (Å²) in [5.74, 6) is 0.258. The zero-order valence-electron chi connectivity index (χ0n) is 13.5. The molecule has 4 rings (SSSR count). The maximum atomic E-state index is 13.9. The van der Waals surface area contributed by atoms with E-state index in [1.807, 2.05) is 11.8 Å². The first kappa shape index (κ1) is 15.8. The third-order valence-electron chi connectivity index (χ3n) is 5.03. The van der Waals surface area contributed by atoms with E-state index in [0.29, 0.717) is 6.42 Å². The number of benzene rings is 1. The highest BCUT2D eigenvalue weighted by Crippen LogP contribution is 2.47. The molecule has 1 fully saturated rings. The number of Topliss-reactive ketones (excluding diaryl/α,β-unsaturated/α-hetero) is 2. The third kappa shape index (κ3) is 2.46. The molecule has 1 aromatic rings. The number of aliphatic imine (C=N–C) groups is 1. The number of allylic oxidation sites excluding steroid dienone is 2. The van der Waals surface area contributed by atoms with E-state index < -0.39 is 5.82 Å². The minimum atomic E-state index is -0.501. The van der Waals surface area contributed by atoms with Crippen LogP contribution in [0.5, 0.6) is 0 Å². The fraction of sp³-hybridized carbons (Fsp3) is 0.421. The van der Waals surface area contributed by atoms with Gasteiger partial charge in [-0.15, -0.1) is 0 Å². The van der Waals surface area contributed by atoms with Crippen molar-refractivity contribution in [1.82, 2.24) is 0 Å². The van der Waals surface area contributed by atoms with E-state index in [2.05, 4.69) is 0 Å². The summed E-state index contributed by atoms with van der Waals surface area (Å²) in [4.78, 5) is 29.1. The number of hydrogen-bond donors (Lipinski definition) is 0. The molecular weight excluding hydrogens is 325 g/mol. The van der Waals surface area contributed by atoms with Gasteiger partial charge in [-0.25, -0.2) is 4.39 Å². The molecule has 0 saturated carbocycles. The molecule has 0 amide bonds. The quantitative estimate of drug-likeness (QED) is 0.760. The number of thioether (sulfide) groups is 1. The third-order valence-corrected chi connectivity index (χ3v) is 6.38. The van der Waals surface area contributed by atoms with Gasteiger partial charge in [-0.2, -0.15) is 11.8 Å². The first-order valence-corrected chi connectivity index (χ1v) is 9.37. The molecule has 2 atom stereocenters. The summed E-state index contributed by atoms with van der Waals surface area (Å²) in [5.41, 5.74) is 3.82. The molecule has 24 heavy (non-hydrogen) atoms. The Morgan fingerprint density at radius 2 is 2.12 bits per heavy atom. The predicted molar refractivity (Wildman–Crippen MR) is 93.3 cm³/mol. The summed E-state index contributed by atoms with van der Waals surface area (Å²) in [6.07, 6.45) is 3.18. The van der Waals surface area contributed by atoms with Gasteiger partial charge in [-0.05, 0) is 49.6 Å². The number of fused-ring (bicyclic) bond motifs is 1. The number of carbonyl (C=O) groups is 2. The van der Waals surface area contributed by atoms with Gasteiger partial charge >= 0.3 is 0 Å². The molecule has 0 spiro atoms. The van der Waals surface area contributed by atoms with Gasteiger partial charge in [-0.3, -0.25) is 14.6 Å². The second kappa shape index (κ2) is 5.96. The van der Waals surface area contributed by atoms with Crippen LogP contribution in [-0.2, 0) is 4.79 Å². The van der Waals surface area contributed by atoms with Crippen LogP contribution in [0.4, 0.5) is 4.39 Å². The zero-order chi connectivity index (χ0) is 16.8. The van der Waals surface area contributed by atoms with Crippen molar-refractivity contribution in [3.8, 4) is 0 Å². The van der Waals surface area contributed by atoms with Crippen molar-refractivity contribution in [2.45, 2.75) is 43.8 Å². The maximum Gasteiger partial charge on any atom is 0.162 e. The summed E-state index contributed by atoms with van der Waals surface area (Å²) < 4.78 is 13.9. The number of rotatable bonds is 2. The monoisotopic (exact) mass is 343 g/mol. The Labute approximate surface area is 144 Å². The molecule has 124 valence electrons. The van der Waals surface area contributed by atoms with E-state index in [-0.39, 0.29) is 28.3 Å². The van der Waals surface area contributed by atoms with E-state index in [9.17, 15) is 14.0 Å². The van der Waals surface area contributed by atoms with Crippen LogP contribution in [0.25, 0.3) is 0 Å². The molecule has 2 heterocycles. The Morgan fingerprint density at radius 1 is 1.29 bits per heavy atom. The van der Waals surface area contributed by atoms with Gasteiger partial charge in [0.05, 0.1) is 10.8 Å². The van der Waals surface area contributed by atoms with Gasteiger partial charge < -0.3 is 0 Å². The normalized spacial score (nSPS) is 26.1. The lowest BCUT2D eigenvalue weighted by molar-refractivity contribution is -0.116. The minimum Gasteiger partial charge on any atom is -0.294 e. The molecule has 0 N–H and O–H groups in total. The van der Waals surface area contributed by atoms with Gasteiger partial charge in [0, 0.05) is 29.3 Å². The first-order valence-electron chi connectivity index (χ1n) is 8.32. The van der Waals surface area contributed by atoms with Crippen molar-refractivity contribution in [1.29, 1.82) is 0 Å². The van der Waals surface area contributed by atoms with Crippen LogP contribution < -0.4 is 0 Å². The van der Waals surface area contributed by atoms with E-state index >= 15 is 0 Å². The van der Waals surface area contributed by atoms with Gasteiger partial charge in [0.25, 0.3) is 0 Å². The molecule has 2 unspecified atom stereocenters. The Balaban J connectivity index is 1.87. The molecular formula is C19H18FNO2S. The molecule has 0 aromatic heterocycles. The van der Waals surface area contributed by atoms with E-state index in [1.165, 1.54) is 13.0 Å². The van der Waals surface area contributed by atoms with Crippen LogP contribution in [-0.4, -0.2) is 28.3 Å². The summed E-state index contributed by atoms with van der Waals surface area (Å²) in [6, 6.07) is 4.71. The molecule has 1 saturated heterocycles. The van der Waals surface area contributed by atoms with Gasteiger partial charge in [0.2, 0.25) is 0 Å². The van der Waals surface area contributed by atoms with Crippen molar-refractivity contribution in [3.05, 3.63) is 46.4 Å². The van der Waals surface area contributed by atoms with Gasteiger partial charge in [0.1, 0.15) is 5.82 Å². The lowest BCUT2D eigenvalue weighted by Gasteiger charge is -2.33. The SMILES string of the molecule is CC(=O)c1cc(C2C3=C(CCCC3=O)N=C3CCSC32)ccc1F. The molecule has 5 heteroatoms. The van der Waals surface area contributed by atoms with Crippen LogP contribution >= 0.6 is 11.8 Å². The fourth-order valence-corrected chi connectivity index (χ4v) is 5.35. The topological polar surface area (TPSA) is 46.5 Å². The summed E-state index contributed by atoms with van der Waals surface area (Å²) in [6.45, 7) is 1.37. The highest BCUT2D eigenvalue weighted by atomic mass is 32.2. The van der Waals surface area contributed by atoms with Crippen LogP contribution in [0.2, 0.25) is 0 Å². The highest BCUT2D eigenvalue weighted by Gasteiger charge is 2.42. The molecule has 3 nitrogen and oxygen atoms in total. The molecule has 2 aliphatic heterocycles. The minimum absolute atomic E-state index is 0.102. The summed E-state index contributed by atoms with van der Waals surface area (Å²) in [5, 5.41) is 0.135. The lowest BCUT2D eigenvalue weighted by Crippen LogP contribution is -2.32. The molecule has 0 radical (unpaired) electrons. The number of hydrogen-bond acceptors (Lipinski definition) is 4. The average Bonchev–Trinajstić information content (AvgIpc) is 3.01. The number of halogens is 1. The highest BCUT2D eigenvalue weighted by molar-refractivity contribution is 8.01. The first-order chi connectivity index (χ1) is 11.6. The standard InChI is InChI=1S/C19H18FNO2S/c1-10(22)12-9-11(5-6-13(12)20)17-18-14(3-2-4-16(18)23)21-15-7-8-24-19(15)17/h5-6,9,17,19H,2-4,7-8H2,1H3. The number of nitrogens with zero attached hydrogens (tertiary/aromatic N) is 1. The summed E-state index contributed by atoms with van der Waals surface area (Å²) >= 11 is 1.81. The van der Waals surface area contributed by atoms with Crippen molar-refractivity contribution in [2.75, 3.05) is 5.75 Å². The van der Waals surface area contributed by atoms with Crippen LogP contribution in [0.3, 0.4) is 0 Å². The average molecular weight is 343 g/mol. The predicted octanol–water partition coefficient (Wildman–Crippen LogP) is 4.08. The Bertz CT molecular complexity index is 812. The van der Waals surface area contributed by atoms with Gasteiger partial charge in [-0.1, -0.05) is 6.07 Å². The van der Waals surface area contributed by atoms with Gasteiger partial charge in [0.15, 0.2) is 11.6 Å².